The number of halogens is 1. The molecule has 2 aromatic rings. The topological polar surface area (TPSA) is 124 Å². The van der Waals surface area contributed by atoms with Gasteiger partial charge in [-0.05, 0) is 37.1 Å². The number of anilines is 1. The Labute approximate surface area is 184 Å². The molecule has 0 saturated carbocycles. The first-order valence-corrected chi connectivity index (χ1v) is 11.3. The Morgan fingerprint density at radius 3 is 2.35 bits per heavy atom. The smallest absolute Gasteiger partial charge is 0.311 e. The van der Waals surface area contributed by atoms with Gasteiger partial charge in [0.05, 0.1) is 20.5 Å². The molecular weight excluding hydrogens is 448 g/mol. The highest BCUT2D eigenvalue weighted by atomic mass is 35.5. The molecule has 0 radical (unpaired) electrons. The summed E-state index contributed by atoms with van der Waals surface area (Å²) in [7, 11) is -4.48. The van der Waals surface area contributed by atoms with Crippen molar-refractivity contribution in [2.75, 3.05) is 4.31 Å². The number of rotatable bonds is 9. The maximum absolute atomic E-state index is 13.2. The quantitative estimate of drug-likeness (QED) is 0.230. The van der Waals surface area contributed by atoms with Crippen molar-refractivity contribution in [2.45, 2.75) is 44.4 Å². The molecule has 0 aliphatic heterocycles. The third-order valence-corrected chi connectivity index (χ3v) is 6.13. The van der Waals surface area contributed by atoms with E-state index < -0.39 is 37.4 Å². The number of nitro benzene ring substituents is 1. The van der Waals surface area contributed by atoms with E-state index in [9.17, 15) is 28.1 Å². The van der Waals surface area contributed by atoms with E-state index in [2.05, 4.69) is 0 Å². The molecule has 0 bridgehead atoms. The largest absolute Gasteiger partial charge is 0.425 e. The van der Waals surface area contributed by atoms with Gasteiger partial charge in [-0.3, -0.25) is 19.7 Å². The number of ether oxygens (including phenoxy) is 1. The summed E-state index contributed by atoms with van der Waals surface area (Å²) in [4.78, 5) is 34.3. The Balaban J connectivity index is 2.53. The second kappa shape index (κ2) is 10.4. The molecule has 0 fully saturated rings. The van der Waals surface area contributed by atoms with Crippen LogP contribution in [0.3, 0.4) is 0 Å². The highest BCUT2D eigenvalue weighted by Gasteiger charge is 2.32. The second-order valence-corrected chi connectivity index (χ2v) is 8.70. The van der Waals surface area contributed by atoms with Gasteiger partial charge in [0.25, 0.3) is 15.7 Å². The van der Waals surface area contributed by atoms with Crippen molar-refractivity contribution < 1.29 is 27.7 Å². The van der Waals surface area contributed by atoms with Gasteiger partial charge in [-0.2, -0.15) is 0 Å². The molecule has 0 atom stereocenters. The molecule has 2 rings (SSSR count). The van der Waals surface area contributed by atoms with Crippen LogP contribution in [0.1, 0.15) is 39.5 Å². The van der Waals surface area contributed by atoms with E-state index in [1.54, 1.807) is 6.92 Å². The van der Waals surface area contributed by atoms with Gasteiger partial charge in [0.1, 0.15) is 5.75 Å². The number of hydrogen-bond donors (Lipinski definition) is 0. The minimum absolute atomic E-state index is 0.0273. The number of non-ortho nitro benzene ring substituents is 1. The average molecular weight is 469 g/mol. The SMILES string of the molecule is CCCC(=O)Oc1ccc(N(C(=O)CCC)S(=O)(=O)c2cccc([N+](=O)[O-])c2)cc1Cl. The number of hydrogen-bond acceptors (Lipinski definition) is 7. The van der Waals surface area contributed by atoms with Crippen LogP contribution in [-0.2, 0) is 19.6 Å². The monoisotopic (exact) mass is 468 g/mol. The van der Waals surface area contributed by atoms with Gasteiger partial charge in [-0.15, -0.1) is 0 Å². The molecule has 166 valence electrons. The Bertz CT molecular complexity index is 1100. The lowest BCUT2D eigenvalue weighted by Crippen LogP contribution is -2.36. The lowest BCUT2D eigenvalue weighted by Gasteiger charge is -2.23. The first-order valence-electron chi connectivity index (χ1n) is 9.44. The molecular formula is C20H21ClN2O7S. The lowest BCUT2D eigenvalue weighted by atomic mass is 10.2. The highest BCUT2D eigenvalue weighted by Crippen LogP contribution is 2.33. The molecule has 0 aliphatic carbocycles. The van der Waals surface area contributed by atoms with E-state index in [4.69, 9.17) is 16.3 Å². The Morgan fingerprint density at radius 1 is 1.10 bits per heavy atom. The van der Waals surface area contributed by atoms with Crippen LogP contribution < -0.4 is 9.04 Å². The summed E-state index contributed by atoms with van der Waals surface area (Å²) in [6.45, 7) is 3.52. The molecule has 0 aliphatic rings. The number of amides is 1. The Kier molecular flexibility index (Phi) is 8.12. The van der Waals surface area contributed by atoms with Crippen molar-refractivity contribution >= 4 is 44.9 Å². The molecule has 11 heteroatoms. The fourth-order valence-electron chi connectivity index (χ4n) is 2.67. The summed E-state index contributed by atoms with van der Waals surface area (Å²) in [6, 6.07) is 8.17. The van der Waals surface area contributed by atoms with Crippen LogP contribution in [0.25, 0.3) is 0 Å². The van der Waals surface area contributed by atoms with Crippen molar-refractivity contribution in [3.8, 4) is 5.75 Å². The van der Waals surface area contributed by atoms with Crippen molar-refractivity contribution in [1.82, 2.24) is 0 Å². The van der Waals surface area contributed by atoms with E-state index >= 15 is 0 Å². The summed E-state index contributed by atoms with van der Waals surface area (Å²) in [5.74, 6) is -1.21. The fourth-order valence-corrected chi connectivity index (χ4v) is 4.37. The summed E-state index contributed by atoms with van der Waals surface area (Å²) in [6.07, 6.45) is 1.05. The number of carbonyl (C=O) groups excluding carboxylic acids is 2. The summed E-state index contributed by atoms with van der Waals surface area (Å²) < 4.78 is 32.2. The van der Waals surface area contributed by atoms with Crippen molar-refractivity contribution in [3.63, 3.8) is 0 Å². The predicted molar refractivity (Wildman–Crippen MR) is 115 cm³/mol. The number of esters is 1. The fraction of sp³-hybridized carbons (Fsp3) is 0.300. The molecule has 2 aromatic carbocycles. The molecule has 31 heavy (non-hydrogen) atoms. The first-order chi connectivity index (χ1) is 14.6. The van der Waals surface area contributed by atoms with Gasteiger partial charge in [-0.25, -0.2) is 12.7 Å². The van der Waals surface area contributed by atoms with Gasteiger partial charge >= 0.3 is 5.97 Å². The molecule has 0 aromatic heterocycles. The summed E-state index contributed by atoms with van der Waals surface area (Å²) >= 11 is 6.16. The van der Waals surface area contributed by atoms with Crippen molar-refractivity contribution in [3.05, 3.63) is 57.6 Å². The zero-order valence-electron chi connectivity index (χ0n) is 16.9. The number of nitro groups is 1. The Hall–Kier alpha value is -2.98. The van der Waals surface area contributed by atoms with Crippen molar-refractivity contribution in [1.29, 1.82) is 0 Å². The van der Waals surface area contributed by atoms with Gasteiger partial charge in [0.15, 0.2) is 0 Å². The molecule has 0 N–H and O–H groups in total. The van der Waals surface area contributed by atoms with E-state index in [1.807, 2.05) is 6.92 Å². The van der Waals surface area contributed by atoms with Crippen LogP contribution in [0.15, 0.2) is 47.4 Å². The van der Waals surface area contributed by atoms with E-state index in [0.29, 0.717) is 17.1 Å². The highest BCUT2D eigenvalue weighted by molar-refractivity contribution is 7.93. The average Bonchev–Trinajstić information content (AvgIpc) is 2.70. The van der Waals surface area contributed by atoms with Crippen LogP contribution in [-0.4, -0.2) is 25.2 Å². The van der Waals surface area contributed by atoms with E-state index in [-0.39, 0.29) is 29.3 Å². The number of sulfonamides is 1. The Morgan fingerprint density at radius 2 is 1.77 bits per heavy atom. The standard InChI is InChI=1S/C20H21ClN2O7S/c1-3-6-19(24)22(31(28,29)16-9-5-8-15(12-16)23(26)27)14-10-11-18(17(21)13-14)30-20(25)7-4-2/h5,8-13H,3-4,6-7H2,1-2H3. The van der Waals surface area contributed by atoms with Crippen LogP contribution >= 0.6 is 11.6 Å². The third kappa shape index (κ3) is 5.80. The zero-order valence-corrected chi connectivity index (χ0v) is 18.5. The number of nitrogens with zero attached hydrogens (tertiary/aromatic N) is 2. The second-order valence-electron chi connectivity index (χ2n) is 6.51. The zero-order chi connectivity index (χ0) is 23.2. The van der Waals surface area contributed by atoms with Gasteiger partial charge in [0.2, 0.25) is 5.91 Å². The number of carbonyl (C=O) groups is 2. The molecule has 0 spiro atoms. The molecule has 0 heterocycles. The minimum atomic E-state index is -4.48. The normalized spacial score (nSPS) is 11.1. The predicted octanol–water partition coefficient (Wildman–Crippen LogP) is 4.48. The van der Waals surface area contributed by atoms with Gasteiger partial charge in [-0.1, -0.05) is 31.5 Å². The maximum atomic E-state index is 13.2. The van der Waals surface area contributed by atoms with Crippen LogP contribution in [0.4, 0.5) is 11.4 Å². The third-order valence-electron chi connectivity index (χ3n) is 4.08. The summed E-state index contributed by atoms with van der Waals surface area (Å²) in [5.41, 5.74) is -0.509. The minimum Gasteiger partial charge on any atom is -0.425 e. The molecule has 0 unspecified atom stereocenters. The molecule has 1 amide bonds. The van der Waals surface area contributed by atoms with Gasteiger partial charge in [0, 0.05) is 25.0 Å². The van der Waals surface area contributed by atoms with Crippen LogP contribution in [0, 0.1) is 10.1 Å². The maximum Gasteiger partial charge on any atom is 0.311 e. The lowest BCUT2D eigenvalue weighted by molar-refractivity contribution is -0.385. The van der Waals surface area contributed by atoms with E-state index in [0.717, 1.165) is 18.2 Å². The van der Waals surface area contributed by atoms with Crippen LogP contribution in [0.5, 0.6) is 5.75 Å². The summed E-state index contributed by atoms with van der Waals surface area (Å²) in [5, 5.41) is 11.0. The molecule has 9 nitrogen and oxygen atoms in total. The number of benzene rings is 2. The molecule has 0 saturated heterocycles. The first kappa shape index (κ1) is 24.3. The van der Waals surface area contributed by atoms with Crippen molar-refractivity contribution in [2.24, 2.45) is 0 Å². The van der Waals surface area contributed by atoms with E-state index in [1.165, 1.54) is 24.3 Å². The van der Waals surface area contributed by atoms with Gasteiger partial charge < -0.3 is 4.74 Å². The van der Waals surface area contributed by atoms with Crippen LogP contribution in [0.2, 0.25) is 5.02 Å².